The molecule has 0 unspecified atom stereocenters. The molecule has 13 heavy (non-hydrogen) atoms. The van der Waals surface area contributed by atoms with Crippen molar-refractivity contribution in [3.63, 3.8) is 0 Å². The van der Waals surface area contributed by atoms with Crippen LogP contribution in [0.2, 0.25) is 0 Å². The maximum atomic E-state index is 5.73. The van der Waals surface area contributed by atoms with E-state index >= 15 is 0 Å². The number of nitrogen functional groups attached to an aromatic ring is 1. The Morgan fingerprint density at radius 3 is 2.77 bits per heavy atom. The van der Waals surface area contributed by atoms with Gasteiger partial charge in [-0.2, -0.15) is 0 Å². The Morgan fingerprint density at radius 1 is 1.54 bits per heavy atom. The molecule has 0 spiro atoms. The van der Waals surface area contributed by atoms with E-state index in [0.29, 0.717) is 11.4 Å². The number of nitrogens with two attached hydrogens (primary N) is 1. The highest BCUT2D eigenvalue weighted by atomic mass is 15.1. The molecule has 1 aliphatic carbocycles. The molecule has 2 N–H and O–H groups in total. The summed E-state index contributed by atoms with van der Waals surface area (Å²) in [5, 5.41) is 0. The minimum absolute atomic E-state index is 0.453. The van der Waals surface area contributed by atoms with E-state index in [0.717, 1.165) is 6.54 Å². The molecule has 1 saturated carbocycles. The predicted molar refractivity (Wildman–Crippen MR) is 53.2 cm³/mol. The van der Waals surface area contributed by atoms with Crippen LogP contribution in [0.3, 0.4) is 0 Å². The van der Waals surface area contributed by atoms with Gasteiger partial charge in [-0.3, -0.25) is 0 Å². The van der Waals surface area contributed by atoms with E-state index in [1.165, 1.54) is 25.7 Å². The maximum absolute atomic E-state index is 5.73. The van der Waals surface area contributed by atoms with Crippen LogP contribution in [0.5, 0.6) is 0 Å². The summed E-state index contributed by atoms with van der Waals surface area (Å²) in [6, 6.07) is 0. The minimum atomic E-state index is 0.453. The van der Waals surface area contributed by atoms with Crippen LogP contribution in [0.25, 0.3) is 0 Å². The first-order valence-electron chi connectivity index (χ1n) is 4.96. The third kappa shape index (κ3) is 1.69. The first-order chi connectivity index (χ1) is 6.20. The summed E-state index contributed by atoms with van der Waals surface area (Å²) in [7, 11) is 0. The minimum Gasteiger partial charge on any atom is -0.369 e. The molecule has 0 saturated heterocycles. The van der Waals surface area contributed by atoms with E-state index in [-0.39, 0.29) is 0 Å². The number of aromatic nitrogens is 2. The van der Waals surface area contributed by atoms with Crippen LogP contribution < -0.4 is 5.73 Å². The molecule has 1 aromatic heterocycles. The lowest BCUT2D eigenvalue weighted by Gasteiger charge is -2.24. The van der Waals surface area contributed by atoms with Crippen molar-refractivity contribution in [2.75, 3.05) is 5.73 Å². The molecule has 0 radical (unpaired) electrons. The van der Waals surface area contributed by atoms with E-state index < -0.39 is 0 Å². The van der Waals surface area contributed by atoms with Crippen molar-refractivity contribution in [2.24, 2.45) is 5.41 Å². The van der Waals surface area contributed by atoms with Gasteiger partial charge in [-0.05, 0) is 18.3 Å². The summed E-state index contributed by atoms with van der Waals surface area (Å²) in [4.78, 5) is 4.03. The SMILES string of the molecule is CC1(Cn2ccnc2N)CCCC1. The molecule has 0 aromatic carbocycles. The summed E-state index contributed by atoms with van der Waals surface area (Å²) in [5.41, 5.74) is 6.18. The van der Waals surface area contributed by atoms with E-state index in [4.69, 9.17) is 5.73 Å². The molecule has 72 valence electrons. The molecular formula is C10H17N3. The standard InChI is InChI=1S/C10H17N3/c1-10(4-2-3-5-10)8-13-7-6-12-9(13)11/h6-7H,2-5,8H2,1H3,(H2,11,12). The Hall–Kier alpha value is -0.990. The van der Waals surface area contributed by atoms with Crippen LogP contribution in [0.4, 0.5) is 5.95 Å². The van der Waals surface area contributed by atoms with Gasteiger partial charge in [0.05, 0.1) is 0 Å². The average Bonchev–Trinajstić information content (AvgIpc) is 2.64. The topological polar surface area (TPSA) is 43.8 Å². The molecule has 1 heterocycles. The molecule has 3 nitrogen and oxygen atoms in total. The lowest BCUT2D eigenvalue weighted by Crippen LogP contribution is -2.20. The molecule has 1 aliphatic rings. The fourth-order valence-corrected chi connectivity index (χ4v) is 2.27. The predicted octanol–water partition coefficient (Wildman–Crippen LogP) is 2.05. The van der Waals surface area contributed by atoms with Crippen LogP contribution in [0.15, 0.2) is 12.4 Å². The zero-order chi connectivity index (χ0) is 9.31. The lowest BCUT2D eigenvalue weighted by molar-refractivity contribution is 0.283. The Morgan fingerprint density at radius 2 is 2.23 bits per heavy atom. The first-order valence-corrected chi connectivity index (χ1v) is 4.96. The van der Waals surface area contributed by atoms with Gasteiger partial charge in [-0.15, -0.1) is 0 Å². The highest BCUT2D eigenvalue weighted by Crippen LogP contribution is 2.39. The van der Waals surface area contributed by atoms with Crippen LogP contribution in [-0.4, -0.2) is 9.55 Å². The van der Waals surface area contributed by atoms with Gasteiger partial charge in [-0.1, -0.05) is 19.8 Å². The van der Waals surface area contributed by atoms with E-state index in [1.807, 2.05) is 6.20 Å². The second-order valence-corrected chi connectivity index (χ2v) is 4.43. The van der Waals surface area contributed by atoms with Crippen molar-refractivity contribution in [1.29, 1.82) is 0 Å². The highest BCUT2D eigenvalue weighted by Gasteiger charge is 2.29. The zero-order valence-corrected chi connectivity index (χ0v) is 8.16. The quantitative estimate of drug-likeness (QED) is 0.755. The third-order valence-electron chi connectivity index (χ3n) is 3.11. The first kappa shape index (κ1) is 8.60. The number of hydrogen-bond acceptors (Lipinski definition) is 2. The number of nitrogens with zero attached hydrogens (tertiary/aromatic N) is 2. The van der Waals surface area contributed by atoms with Gasteiger partial charge < -0.3 is 10.3 Å². The van der Waals surface area contributed by atoms with E-state index in [9.17, 15) is 0 Å². The summed E-state index contributed by atoms with van der Waals surface area (Å²) in [6.45, 7) is 3.37. The zero-order valence-electron chi connectivity index (χ0n) is 8.16. The summed E-state index contributed by atoms with van der Waals surface area (Å²) in [5.74, 6) is 0.646. The second kappa shape index (κ2) is 3.05. The van der Waals surface area contributed by atoms with Gasteiger partial charge in [0, 0.05) is 18.9 Å². The van der Waals surface area contributed by atoms with E-state index in [2.05, 4.69) is 16.5 Å². The van der Waals surface area contributed by atoms with Crippen molar-refractivity contribution in [2.45, 2.75) is 39.2 Å². The molecule has 1 fully saturated rings. The van der Waals surface area contributed by atoms with Gasteiger partial charge in [-0.25, -0.2) is 4.98 Å². The van der Waals surface area contributed by atoms with Crippen molar-refractivity contribution in [3.8, 4) is 0 Å². The van der Waals surface area contributed by atoms with E-state index in [1.54, 1.807) is 6.20 Å². The molecular weight excluding hydrogens is 162 g/mol. The van der Waals surface area contributed by atoms with Crippen LogP contribution in [0, 0.1) is 5.41 Å². The smallest absolute Gasteiger partial charge is 0.200 e. The molecule has 0 atom stereocenters. The Labute approximate surface area is 79.0 Å². The Bertz CT molecular complexity index is 284. The van der Waals surface area contributed by atoms with Gasteiger partial charge >= 0.3 is 0 Å². The number of anilines is 1. The molecule has 3 heteroatoms. The van der Waals surface area contributed by atoms with Crippen LogP contribution in [0.1, 0.15) is 32.6 Å². The highest BCUT2D eigenvalue weighted by molar-refractivity contribution is 5.16. The van der Waals surface area contributed by atoms with Crippen molar-refractivity contribution >= 4 is 5.95 Å². The van der Waals surface area contributed by atoms with Crippen molar-refractivity contribution in [1.82, 2.24) is 9.55 Å². The van der Waals surface area contributed by atoms with Gasteiger partial charge in [0.2, 0.25) is 0 Å². The average molecular weight is 179 g/mol. The summed E-state index contributed by atoms with van der Waals surface area (Å²) in [6.07, 6.45) is 9.12. The van der Waals surface area contributed by atoms with Gasteiger partial charge in [0.15, 0.2) is 5.95 Å². The van der Waals surface area contributed by atoms with Crippen molar-refractivity contribution < 1.29 is 0 Å². The number of hydrogen-bond donors (Lipinski definition) is 1. The lowest BCUT2D eigenvalue weighted by atomic mass is 9.89. The normalized spacial score (nSPS) is 20.7. The fraction of sp³-hybridized carbons (Fsp3) is 0.700. The second-order valence-electron chi connectivity index (χ2n) is 4.43. The third-order valence-corrected chi connectivity index (χ3v) is 3.11. The molecule has 0 aliphatic heterocycles. The summed E-state index contributed by atoms with van der Waals surface area (Å²) >= 11 is 0. The van der Waals surface area contributed by atoms with Crippen LogP contribution in [-0.2, 0) is 6.54 Å². The molecule has 1 aromatic rings. The number of rotatable bonds is 2. The molecule has 0 amide bonds. The fourth-order valence-electron chi connectivity index (χ4n) is 2.27. The molecule has 2 rings (SSSR count). The van der Waals surface area contributed by atoms with Crippen molar-refractivity contribution in [3.05, 3.63) is 12.4 Å². The van der Waals surface area contributed by atoms with Crippen LogP contribution >= 0.6 is 0 Å². The monoisotopic (exact) mass is 179 g/mol. The largest absolute Gasteiger partial charge is 0.369 e. The molecule has 0 bridgehead atoms. The van der Waals surface area contributed by atoms with Gasteiger partial charge in [0.1, 0.15) is 0 Å². The number of imidazole rings is 1. The van der Waals surface area contributed by atoms with Gasteiger partial charge in [0.25, 0.3) is 0 Å². The Kier molecular flexibility index (Phi) is 2.02. The maximum Gasteiger partial charge on any atom is 0.200 e. The summed E-state index contributed by atoms with van der Waals surface area (Å²) < 4.78 is 2.06. The Balaban J connectivity index is 2.09.